The third-order valence-electron chi connectivity index (χ3n) is 4.38. The highest BCUT2D eigenvalue weighted by atomic mass is 32.2. The molecule has 28 heavy (non-hydrogen) atoms. The summed E-state index contributed by atoms with van der Waals surface area (Å²) in [4.78, 5) is 13.6. The van der Waals surface area contributed by atoms with Crippen LogP contribution in [0.15, 0.2) is 70.8 Å². The second-order valence-electron chi connectivity index (χ2n) is 6.89. The largest absolute Gasteiger partial charge is 0.378 e. The van der Waals surface area contributed by atoms with E-state index in [4.69, 9.17) is 0 Å². The third-order valence-corrected chi connectivity index (χ3v) is 5.83. The zero-order valence-corrected chi connectivity index (χ0v) is 17.7. The molecule has 0 aliphatic carbocycles. The first-order valence-electron chi connectivity index (χ1n) is 8.91. The molecule has 0 aromatic heterocycles. The summed E-state index contributed by atoms with van der Waals surface area (Å²) in [6.07, 6.45) is 1.58. The van der Waals surface area contributed by atoms with Crippen LogP contribution in [0, 0.1) is 6.92 Å². The number of nitrogens with zero attached hydrogens (tertiary/aromatic N) is 1. The Hall–Kier alpha value is -2.66. The normalized spacial score (nSPS) is 12.0. The number of hydrogen-bond donors (Lipinski definition) is 1. The van der Waals surface area contributed by atoms with Crippen molar-refractivity contribution in [3.05, 3.63) is 77.0 Å². The van der Waals surface area contributed by atoms with E-state index in [1.54, 1.807) is 37.3 Å². The Morgan fingerprint density at radius 3 is 2.11 bits per heavy atom. The van der Waals surface area contributed by atoms with E-state index in [-0.39, 0.29) is 10.7 Å². The molecule has 148 valence electrons. The first-order valence-corrected chi connectivity index (χ1v) is 10.4. The number of carbonyl (C=O) groups is 1. The minimum absolute atomic E-state index is 0.112. The molecular formula is C22H26N2O3S. The number of nitrogens with one attached hydrogen (secondary N) is 1. The van der Waals surface area contributed by atoms with Gasteiger partial charge in [0.15, 0.2) is 5.78 Å². The van der Waals surface area contributed by atoms with Gasteiger partial charge in [-0.1, -0.05) is 29.8 Å². The van der Waals surface area contributed by atoms with Crippen LogP contribution in [0.4, 0.5) is 5.69 Å². The van der Waals surface area contributed by atoms with Crippen LogP contribution in [0.2, 0.25) is 0 Å². The summed E-state index contributed by atoms with van der Waals surface area (Å²) in [5.74, 6) is -0.112. The molecule has 0 heterocycles. The van der Waals surface area contributed by atoms with Gasteiger partial charge in [-0.25, -0.2) is 8.42 Å². The van der Waals surface area contributed by atoms with Gasteiger partial charge < -0.3 is 4.90 Å². The molecule has 2 rings (SSSR count). The number of aryl methyl sites for hydroxylation is 1. The molecule has 0 aliphatic heterocycles. The first-order chi connectivity index (χ1) is 13.1. The van der Waals surface area contributed by atoms with E-state index in [0.717, 1.165) is 16.8 Å². The Balaban J connectivity index is 2.44. The molecule has 0 fully saturated rings. The molecule has 2 aromatic rings. The van der Waals surface area contributed by atoms with Crippen LogP contribution in [0.25, 0.3) is 0 Å². The van der Waals surface area contributed by atoms with E-state index in [1.807, 2.05) is 50.2 Å². The lowest BCUT2D eigenvalue weighted by Crippen LogP contribution is -2.27. The van der Waals surface area contributed by atoms with Gasteiger partial charge in [-0.15, -0.1) is 5.73 Å². The molecule has 1 N–H and O–H groups in total. The van der Waals surface area contributed by atoms with Crippen LogP contribution < -0.4 is 9.62 Å². The summed E-state index contributed by atoms with van der Waals surface area (Å²) in [6, 6.07) is 13.6. The third kappa shape index (κ3) is 5.67. The molecule has 5 nitrogen and oxygen atoms in total. The number of Topliss-reactive ketones (excluding diaryl/α,β-unsaturated/α-hetero) is 1. The smallest absolute Gasteiger partial charge is 0.241 e. The summed E-state index contributed by atoms with van der Waals surface area (Å²) >= 11 is 0. The molecule has 6 heteroatoms. The number of ketones is 1. The second-order valence-corrected chi connectivity index (χ2v) is 8.60. The summed E-state index contributed by atoms with van der Waals surface area (Å²) in [6.45, 7) is 5.00. The van der Waals surface area contributed by atoms with Crippen molar-refractivity contribution >= 4 is 21.5 Å². The molecule has 0 radical (unpaired) electrons. The highest BCUT2D eigenvalue weighted by Crippen LogP contribution is 2.22. The van der Waals surface area contributed by atoms with Gasteiger partial charge in [0.1, 0.15) is 0 Å². The summed E-state index contributed by atoms with van der Waals surface area (Å²) in [5, 5.41) is 0. The first kappa shape index (κ1) is 21.6. The Morgan fingerprint density at radius 2 is 1.61 bits per heavy atom. The maximum Gasteiger partial charge on any atom is 0.241 e. The number of rotatable bonds is 7. The van der Waals surface area contributed by atoms with Crippen LogP contribution >= 0.6 is 0 Å². The number of sulfonamides is 1. The fourth-order valence-electron chi connectivity index (χ4n) is 2.44. The summed E-state index contributed by atoms with van der Waals surface area (Å²) < 4.78 is 28.4. The second kappa shape index (κ2) is 9.02. The van der Waals surface area contributed by atoms with E-state index in [1.165, 1.54) is 6.92 Å². The van der Waals surface area contributed by atoms with Gasteiger partial charge in [-0.3, -0.25) is 4.79 Å². The van der Waals surface area contributed by atoms with Gasteiger partial charge in [-0.05, 0) is 56.7 Å². The van der Waals surface area contributed by atoms with E-state index in [0.29, 0.717) is 5.57 Å². The molecule has 0 aliphatic rings. The minimum Gasteiger partial charge on any atom is -0.378 e. The van der Waals surface area contributed by atoms with Crippen LogP contribution in [0.3, 0.4) is 0 Å². The fraction of sp³-hybridized carbons (Fsp3) is 0.273. The number of anilines is 1. The topological polar surface area (TPSA) is 66.5 Å². The van der Waals surface area contributed by atoms with E-state index in [9.17, 15) is 13.2 Å². The standard InChI is InChI=1S/C22H26N2O3S/c1-16-6-13-21(14-7-16)28(26,27)23-22(15-8-17(2)18(3)25)19-9-11-20(12-10-19)24(4)5/h6-7,9-15,22-23H,1-5H3. The summed E-state index contributed by atoms with van der Waals surface area (Å²) in [5.41, 5.74) is 6.08. The van der Waals surface area contributed by atoms with Crippen LogP contribution in [-0.2, 0) is 14.8 Å². The highest BCUT2D eigenvalue weighted by Gasteiger charge is 2.20. The van der Waals surface area contributed by atoms with E-state index < -0.39 is 16.1 Å². The van der Waals surface area contributed by atoms with Crippen LogP contribution in [-0.4, -0.2) is 28.3 Å². The molecule has 0 saturated carbocycles. The quantitative estimate of drug-likeness (QED) is 0.569. The maximum atomic E-state index is 12.8. The zero-order valence-electron chi connectivity index (χ0n) is 16.9. The lowest BCUT2D eigenvalue weighted by atomic mass is 10.1. The Kier molecular flexibility index (Phi) is 6.97. The van der Waals surface area contributed by atoms with Crippen molar-refractivity contribution in [2.45, 2.75) is 31.7 Å². The predicted octanol–water partition coefficient (Wildman–Crippen LogP) is 3.77. The predicted molar refractivity (Wildman–Crippen MR) is 113 cm³/mol. The van der Waals surface area contributed by atoms with Crippen molar-refractivity contribution in [3.63, 3.8) is 0 Å². The van der Waals surface area contributed by atoms with Gasteiger partial charge in [0.25, 0.3) is 0 Å². The summed E-state index contributed by atoms with van der Waals surface area (Å²) in [7, 11) is 0.127. The molecule has 0 amide bonds. The van der Waals surface area contributed by atoms with E-state index in [2.05, 4.69) is 10.5 Å². The lowest BCUT2D eigenvalue weighted by Gasteiger charge is -2.18. The average molecular weight is 399 g/mol. The minimum atomic E-state index is -3.74. The van der Waals surface area contributed by atoms with Crippen LogP contribution in [0.5, 0.6) is 0 Å². The van der Waals surface area contributed by atoms with Gasteiger partial charge in [0.2, 0.25) is 10.0 Å². The van der Waals surface area contributed by atoms with E-state index >= 15 is 0 Å². The molecule has 1 atom stereocenters. The maximum absolute atomic E-state index is 12.8. The molecule has 0 bridgehead atoms. The van der Waals surface area contributed by atoms with Crippen molar-refractivity contribution in [3.8, 4) is 0 Å². The molecular weight excluding hydrogens is 372 g/mol. The lowest BCUT2D eigenvalue weighted by molar-refractivity contribution is -0.113. The monoisotopic (exact) mass is 398 g/mol. The van der Waals surface area contributed by atoms with Gasteiger partial charge >= 0.3 is 0 Å². The number of hydrogen-bond acceptors (Lipinski definition) is 4. The van der Waals surface area contributed by atoms with Crippen molar-refractivity contribution < 1.29 is 13.2 Å². The fourth-order valence-corrected chi connectivity index (χ4v) is 3.61. The molecule has 0 saturated heterocycles. The Labute approximate surface area is 167 Å². The van der Waals surface area contributed by atoms with Crippen molar-refractivity contribution in [1.29, 1.82) is 0 Å². The molecule has 0 spiro atoms. The Morgan fingerprint density at radius 1 is 1.04 bits per heavy atom. The van der Waals surface area contributed by atoms with Crippen molar-refractivity contribution in [2.75, 3.05) is 19.0 Å². The zero-order chi connectivity index (χ0) is 20.9. The number of benzene rings is 2. The SMILES string of the molecule is CC(=O)C(C)=C=CC(NS(=O)(=O)c1ccc(C)cc1)c1ccc(N(C)C)cc1. The number of carbonyl (C=O) groups excluding carboxylic acids is 1. The Bertz CT molecular complexity index is 999. The average Bonchev–Trinajstić information content (AvgIpc) is 2.65. The van der Waals surface area contributed by atoms with Crippen LogP contribution in [0.1, 0.15) is 31.0 Å². The van der Waals surface area contributed by atoms with Crippen molar-refractivity contribution in [2.24, 2.45) is 0 Å². The highest BCUT2D eigenvalue weighted by molar-refractivity contribution is 7.89. The molecule has 2 aromatic carbocycles. The van der Waals surface area contributed by atoms with Gasteiger partial charge in [-0.2, -0.15) is 4.72 Å². The van der Waals surface area contributed by atoms with Gasteiger partial charge in [0.05, 0.1) is 10.9 Å². The van der Waals surface area contributed by atoms with Gasteiger partial charge in [0, 0.05) is 25.4 Å². The van der Waals surface area contributed by atoms with Crippen molar-refractivity contribution in [1.82, 2.24) is 4.72 Å². The molecule has 1 unspecified atom stereocenters.